The topological polar surface area (TPSA) is 105 Å². The van der Waals surface area contributed by atoms with Crippen LogP contribution in [0.15, 0.2) is 39.0 Å². The molecule has 1 saturated carbocycles. The van der Waals surface area contributed by atoms with Crippen LogP contribution >= 0.6 is 0 Å². The largest absolute Gasteiger partial charge is 0.381 e. The van der Waals surface area contributed by atoms with E-state index in [-0.39, 0.29) is 5.78 Å². The number of fused-ring (bicyclic) bond motifs is 1. The van der Waals surface area contributed by atoms with E-state index in [1.54, 1.807) is 13.1 Å². The predicted octanol–water partition coefficient (Wildman–Crippen LogP) is 2.11. The molecular formula is C18H23N3O3. The highest BCUT2D eigenvalue weighted by molar-refractivity contribution is 6.10. The number of hydrazone groups is 1. The molecule has 2 amide bonds. The van der Waals surface area contributed by atoms with Crippen molar-refractivity contribution in [1.29, 1.82) is 0 Å². The molecule has 1 fully saturated rings. The number of nitrogens with two attached hydrogens (primary N) is 1. The minimum absolute atomic E-state index is 0.168. The molecule has 0 radical (unpaired) electrons. The van der Waals surface area contributed by atoms with Crippen LogP contribution in [0.2, 0.25) is 0 Å². The fraction of sp³-hybridized carbons (Fsp3) is 0.500. The van der Waals surface area contributed by atoms with E-state index in [2.05, 4.69) is 10.5 Å². The minimum Gasteiger partial charge on any atom is -0.381 e. The smallest absolute Gasteiger partial charge is 0.332 e. The first kappa shape index (κ1) is 16.6. The standard InChI is InChI=1S/C18H23N3O3/c1-10-9-13-14(12(10)5-4-8-20-21-16(19)23)11(2)18(6-7-18)17(3,24)15(13)22/h8-9,24H,4-7H2,1-3H3,(H3,19,21,23)/t17-/m0/s1. The number of aliphatic hydroxyl groups is 1. The molecule has 0 bridgehead atoms. The van der Waals surface area contributed by atoms with Crippen LogP contribution in [0, 0.1) is 5.41 Å². The number of allylic oxidation sites excluding steroid dienone is 4. The summed E-state index contributed by atoms with van der Waals surface area (Å²) in [5.74, 6) is -0.168. The van der Waals surface area contributed by atoms with E-state index in [4.69, 9.17) is 5.73 Å². The van der Waals surface area contributed by atoms with Crippen molar-refractivity contribution in [2.24, 2.45) is 16.3 Å². The zero-order valence-corrected chi connectivity index (χ0v) is 14.3. The Morgan fingerprint density at radius 3 is 2.71 bits per heavy atom. The molecule has 6 nitrogen and oxygen atoms in total. The molecule has 24 heavy (non-hydrogen) atoms. The van der Waals surface area contributed by atoms with Crippen molar-refractivity contribution >= 4 is 18.0 Å². The molecule has 0 saturated heterocycles. The van der Waals surface area contributed by atoms with Crippen LogP contribution in [-0.2, 0) is 4.79 Å². The summed E-state index contributed by atoms with van der Waals surface area (Å²) in [6, 6.07) is -0.694. The lowest BCUT2D eigenvalue weighted by molar-refractivity contribution is -0.137. The van der Waals surface area contributed by atoms with Crippen LogP contribution in [0.3, 0.4) is 0 Å². The van der Waals surface area contributed by atoms with E-state index >= 15 is 0 Å². The lowest BCUT2D eigenvalue weighted by Gasteiger charge is -2.39. The Morgan fingerprint density at radius 2 is 2.12 bits per heavy atom. The first-order chi connectivity index (χ1) is 11.2. The minimum atomic E-state index is -1.31. The van der Waals surface area contributed by atoms with E-state index < -0.39 is 17.0 Å². The number of Topliss-reactive ketones (excluding diaryl/α,β-unsaturated/α-hetero) is 1. The molecule has 6 heteroatoms. The fourth-order valence-corrected chi connectivity index (χ4v) is 4.12. The number of nitrogens with one attached hydrogen (secondary N) is 1. The van der Waals surface area contributed by atoms with Gasteiger partial charge in [0, 0.05) is 17.2 Å². The van der Waals surface area contributed by atoms with Gasteiger partial charge in [-0.2, -0.15) is 5.10 Å². The third-order valence-electron chi connectivity index (χ3n) is 5.66. The number of rotatable bonds is 4. The third kappa shape index (κ3) is 2.24. The first-order valence-corrected chi connectivity index (χ1v) is 8.20. The molecule has 1 spiro atoms. The van der Waals surface area contributed by atoms with E-state index in [0.29, 0.717) is 18.4 Å². The Morgan fingerprint density at radius 1 is 1.46 bits per heavy atom. The molecule has 3 aliphatic carbocycles. The van der Waals surface area contributed by atoms with Crippen molar-refractivity contribution in [1.82, 2.24) is 5.43 Å². The summed E-state index contributed by atoms with van der Waals surface area (Å²) >= 11 is 0. The summed E-state index contributed by atoms with van der Waals surface area (Å²) in [7, 11) is 0. The molecule has 3 aliphatic rings. The van der Waals surface area contributed by atoms with Gasteiger partial charge in [-0.05, 0) is 69.2 Å². The highest BCUT2D eigenvalue weighted by atomic mass is 16.3. The van der Waals surface area contributed by atoms with Crippen LogP contribution in [0.4, 0.5) is 4.79 Å². The maximum absolute atomic E-state index is 12.8. The molecule has 128 valence electrons. The Labute approximate surface area is 141 Å². The lowest BCUT2D eigenvalue weighted by atomic mass is 9.67. The number of primary amides is 1. The number of carbonyl (C=O) groups excluding carboxylic acids is 2. The number of nitrogens with zero attached hydrogens (tertiary/aromatic N) is 1. The van der Waals surface area contributed by atoms with Crippen LogP contribution in [0.1, 0.15) is 46.5 Å². The Kier molecular flexibility index (Phi) is 3.75. The van der Waals surface area contributed by atoms with Gasteiger partial charge < -0.3 is 10.8 Å². The Hall–Kier alpha value is -2.21. The van der Waals surface area contributed by atoms with Crippen molar-refractivity contribution in [2.75, 3.05) is 0 Å². The van der Waals surface area contributed by atoms with Gasteiger partial charge in [0.1, 0.15) is 5.60 Å². The van der Waals surface area contributed by atoms with Gasteiger partial charge in [-0.25, -0.2) is 10.2 Å². The quantitative estimate of drug-likeness (QED) is 0.543. The second-order valence-corrected chi connectivity index (χ2v) is 7.03. The zero-order valence-electron chi connectivity index (χ0n) is 14.3. The van der Waals surface area contributed by atoms with Gasteiger partial charge in [-0.3, -0.25) is 4.79 Å². The molecule has 0 aliphatic heterocycles. The average molecular weight is 329 g/mol. The van der Waals surface area contributed by atoms with E-state index in [1.807, 2.05) is 19.9 Å². The number of carbonyl (C=O) groups is 2. The molecule has 0 heterocycles. The highest BCUT2D eigenvalue weighted by Gasteiger charge is 2.64. The number of urea groups is 1. The van der Waals surface area contributed by atoms with Crippen molar-refractivity contribution in [2.45, 2.75) is 52.1 Å². The van der Waals surface area contributed by atoms with Gasteiger partial charge in [0.2, 0.25) is 0 Å². The van der Waals surface area contributed by atoms with Crippen LogP contribution in [0.25, 0.3) is 0 Å². The Balaban J connectivity index is 1.87. The van der Waals surface area contributed by atoms with Gasteiger partial charge >= 0.3 is 6.03 Å². The molecule has 1 atom stereocenters. The van der Waals surface area contributed by atoms with Crippen molar-refractivity contribution in [3.8, 4) is 0 Å². The van der Waals surface area contributed by atoms with Gasteiger partial charge in [-0.1, -0.05) is 5.57 Å². The lowest BCUT2D eigenvalue weighted by Crippen LogP contribution is -2.49. The monoisotopic (exact) mass is 329 g/mol. The zero-order chi connectivity index (χ0) is 17.7. The van der Waals surface area contributed by atoms with Crippen molar-refractivity contribution in [3.63, 3.8) is 0 Å². The SMILES string of the molecule is CC1=C(CCC=NNC(N)=O)C2=C(C)C3(CC3)[C@@](C)(O)C(=O)C2=C1. The van der Waals surface area contributed by atoms with E-state index in [9.17, 15) is 14.7 Å². The third-order valence-corrected chi connectivity index (χ3v) is 5.66. The van der Waals surface area contributed by atoms with Crippen LogP contribution in [-0.4, -0.2) is 28.7 Å². The molecule has 0 aromatic rings. The van der Waals surface area contributed by atoms with E-state index in [1.165, 1.54) is 0 Å². The number of hydrogen-bond donors (Lipinski definition) is 3. The van der Waals surface area contributed by atoms with Crippen LogP contribution < -0.4 is 11.2 Å². The van der Waals surface area contributed by atoms with Gasteiger partial charge in [0.15, 0.2) is 5.78 Å². The van der Waals surface area contributed by atoms with Crippen molar-refractivity contribution in [3.05, 3.63) is 33.9 Å². The predicted molar refractivity (Wildman–Crippen MR) is 91.2 cm³/mol. The van der Waals surface area contributed by atoms with Crippen molar-refractivity contribution < 1.29 is 14.7 Å². The Bertz CT molecular complexity index is 749. The maximum Gasteiger partial charge on any atom is 0.332 e. The van der Waals surface area contributed by atoms with Crippen LogP contribution in [0.5, 0.6) is 0 Å². The van der Waals surface area contributed by atoms with Gasteiger partial charge in [0.25, 0.3) is 0 Å². The molecular weight excluding hydrogens is 306 g/mol. The summed E-state index contributed by atoms with van der Waals surface area (Å²) in [5.41, 5.74) is 10.4. The maximum atomic E-state index is 12.8. The first-order valence-electron chi connectivity index (χ1n) is 8.20. The number of hydrogen-bond acceptors (Lipinski definition) is 4. The van der Waals surface area contributed by atoms with Gasteiger partial charge in [0.05, 0.1) is 0 Å². The molecule has 0 aromatic carbocycles. The second kappa shape index (κ2) is 5.41. The molecule has 0 unspecified atom stereocenters. The summed E-state index contributed by atoms with van der Waals surface area (Å²) in [6.07, 6.45) is 6.54. The second-order valence-electron chi connectivity index (χ2n) is 7.03. The molecule has 4 N–H and O–H groups in total. The summed E-state index contributed by atoms with van der Waals surface area (Å²) in [4.78, 5) is 23.4. The number of ketones is 1. The summed E-state index contributed by atoms with van der Waals surface area (Å²) in [5, 5.41) is 14.6. The molecule has 0 aromatic heterocycles. The highest BCUT2D eigenvalue weighted by Crippen LogP contribution is 2.65. The van der Waals surface area contributed by atoms with E-state index in [0.717, 1.165) is 35.1 Å². The van der Waals surface area contributed by atoms with Gasteiger partial charge in [-0.15, -0.1) is 0 Å². The average Bonchev–Trinajstić information content (AvgIpc) is 3.25. The molecule has 3 rings (SSSR count). The fourth-order valence-electron chi connectivity index (χ4n) is 4.12. The number of amides is 2. The normalized spacial score (nSPS) is 27.8. The summed E-state index contributed by atoms with van der Waals surface area (Å²) < 4.78 is 0. The summed E-state index contributed by atoms with van der Waals surface area (Å²) in [6.45, 7) is 5.68.